The fourth-order valence-electron chi connectivity index (χ4n) is 9.87. The number of hydrogen-bond donors (Lipinski definition) is 2. The monoisotopic (exact) mass is 473 g/mol. The van der Waals surface area contributed by atoms with E-state index in [0.717, 1.165) is 81.1 Å². The van der Waals surface area contributed by atoms with Crippen LogP contribution in [0, 0.1) is 40.9 Å². The van der Waals surface area contributed by atoms with Crippen LogP contribution in [-0.2, 0) is 4.74 Å². The van der Waals surface area contributed by atoms with Gasteiger partial charge < -0.3 is 20.1 Å². The molecule has 34 heavy (non-hydrogen) atoms. The molecule has 0 radical (unpaired) electrons. The Balaban J connectivity index is 1.05. The molecule has 4 aliphatic carbocycles. The third-order valence-corrected chi connectivity index (χ3v) is 11.6. The predicted molar refractivity (Wildman–Crippen MR) is 132 cm³/mol. The van der Waals surface area contributed by atoms with Crippen LogP contribution < -0.4 is 5.32 Å². The average molecular weight is 474 g/mol. The summed E-state index contributed by atoms with van der Waals surface area (Å²) in [6, 6.07) is 0.0494. The number of carbonyl (C=O) groups is 1. The van der Waals surface area contributed by atoms with Crippen molar-refractivity contribution >= 4 is 6.03 Å². The molecule has 6 aliphatic rings. The van der Waals surface area contributed by atoms with E-state index in [9.17, 15) is 9.90 Å². The summed E-state index contributed by atoms with van der Waals surface area (Å²) in [5.41, 5.74) is 0.0501. The van der Waals surface area contributed by atoms with Gasteiger partial charge in [0.25, 0.3) is 0 Å². The molecular formula is C28H47N3O3. The van der Waals surface area contributed by atoms with Gasteiger partial charge >= 0.3 is 6.03 Å². The molecule has 2 saturated heterocycles. The molecule has 0 aromatic carbocycles. The number of carbonyl (C=O) groups excluding carboxylic acids is 1. The van der Waals surface area contributed by atoms with Gasteiger partial charge in [-0.1, -0.05) is 6.92 Å². The Bertz CT molecular complexity index is 781. The zero-order chi connectivity index (χ0) is 23.7. The van der Waals surface area contributed by atoms with Crippen molar-refractivity contribution in [1.82, 2.24) is 15.1 Å². The molecular weight excluding hydrogens is 426 g/mol. The number of piperazine rings is 1. The van der Waals surface area contributed by atoms with E-state index in [1.54, 1.807) is 7.05 Å². The third-order valence-electron chi connectivity index (χ3n) is 11.6. The molecule has 2 heterocycles. The standard InChI is InChI=1S/C28H47N3O3/c1-27(33)10-8-19-18(16-27)4-5-21-20(19)9-11-28(2)22(21)6-7-23(28)25-24(34-25)17-30-12-14-31(15-13-30)26(32)29-3/h18-25,33H,4-17H2,1-3H3,(H,29,32)/t18-,19+,20-,21-,22+,23-,24-,25?,27-,28+/m1/s1. The van der Waals surface area contributed by atoms with Crippen molar-refractivity contribution in [3.8, 4) is 0 Å². The Morgan fingerprint density at radius 1 is 0.941 bits per heavy atom. The topological polar surface area (TPSA) is 68.3 Å². The molecule has 0 aromatic rings. The highest BCUT2D eigenvalue weighted by molar-refractivity contribution is 5.73. The maximum atomic E-state index is 11.9. The zero-order valence-electron chi connectivity index (χ0n) is 21.7. The van der Waals surface area contributed by atoms with Gasteiger partial charge in [-0.25, -0.2) is 4.79 Å². The first-order chi connectivity index (χ1) is 16.3. The minimum atomic E-state index is -0.414. The van der Waals surface area contributed by atoms with E-state index in [1.807, 2.05) is 4.90 Å². The number of epoxide rings is 1. The van der Waals surface area contributed by atoms with Crippen LogP contribution in [-0.4, -0.2) is 78.5 Å². The molecule has 1 unspecified atom stereocenters. The molecule has 2 N–H and O–H groups in total. The average Bonchev–Trinajstić information content (AvgIpc) is 3.48. The molecule has 192 valence electrons. The maximum absolute atomic E-state index is 11.9. The summed E-state index contributed by atoms with van der Waals surface area (Å²) in [4.78, 5) is 16.3. The Morgan fingerprint density at radius 2 is 1.68 bits per heavy atom. The Kier molecular flexibility index (Phi) is 5.97. The van der Waals surface area contributed by atoms with Crippen molar-refractivity contribution in [1.29, 1.82) is 0 Å². The molecule has 0 bridgehead atoms. The number of amides is 2. The van der Waals surface area contributed by atoms with Gasteiger partial charge in [-0.05, 0) is 106 Å². The van der Waals surface area contributed by atoms with Crippen LogP contribution in [0.1, 0.15) is 71.6 Å². The minimum absolute atomic E-state index is 0.0494. The predicted octanol–water partition coefficient (Wildman–Crippen LogP) is 3.73. The van der Waals surface area contributed by atoms with Crippen LogP contribution in [0.5, 0.6) is 0 Å². The van der Waals surface area contributed by atoms with Crippen LogP contribution >= 0.6 is 0 Å². The maximum Gasteiger partial charge on any atom is 0.317 e. The van der Waals surface area contributed by atoms with Gasteiger partial charge in [-0.2, -0.15) is 0 Å². The van der Waals surface area contributed by atoms with Gasteiger partial charge in [0.2, 0.25) is 0 Å². The first-order valence-corrected chi connectivity index (χ1v) is 14.4. The summed E-state index contributed by atoms with van der Waals surface area (Å²) in [7, 11) is 1.71. The van der Waals surface area contributed by atoms with Gasteiger partial charge in [-0.15, -0.1) is 0 Å². The second-order valence-electron chi connectivity index (χ2n) is 13.4. The fraction of sp³-hybridized carbons (Fsp3) is 0.964. The van der Waals surface area contributed by atoms with Gasteiger partial charge in [0.15, 0.2) is 0 Å². The number of urea groups is 1. The lowest BCUT2D eigenvalue weighted by molar-refractivity contribution is -0.101. The molecule has 10 atom stereocenters. The van der Waals surface area contributed by atoms with Crippen LogP contribution in [0.15, 0.2) is 0 Å². The lowest BCUT2D eigenvalue weighted by atomic mass is 9.49. The van der Waals surface area contributed by atoms with E-state index < -0.39 is 5.60 Å². The Hall–Kier alpha value is -0.850. The van der Waals surface area contributed by atoms with E-state index in [1.165, 1.54) is 44.9 Å². The summed E-state index contributed by atoms with van der Waals surface area (Å²) in [5, 5.41) is 13.4. The second kappa shape index (κ2) is 8.62. The van der Waals surface area contributed by atoms with Crippen LogP contribution in [0.4, 0.5) is 4.79 Å². The molecule has 6 fully saturated rings. The molecule has 4 saturated carbocycles. The van der Waals surface area contributed by atoms with Gasteiger partial charge in [-0.3, -0.25) is 4.90 Å². The van der Waals surface area contributed by atoms with E-state index in [-0.39, 0.29) is 6.03 Å². The van der Waals surface area contributed by atoms with Crippen molar-refractivity contribution < 1.29 is 14.6 Å². The van der Waals surface area contributed by atoms with Gasteiger partial charge in [0, 0.05) is 39.8 Å². The van der Waals surface area contributed by atoms with Crippen molar-refractivity contribution in [2.75, 3.05) is 39.8 Å². The largest absolute Gasteiger partial charge is 0.390 e. The first kappa shape index (κ1) is 23.5. The molecule has 6 rings (SSSR count). The quantitative estimate of drug-likeness (QED) is 0.613. The number of fused-ring (bicyclic) bond motifs is 5. The smallest absolute Gasteiger partial charge is 0.317 e. The minimum Gasteiger partial charge on any atom is -0.390 e. The van der Waals surface area contributed by atoms with Crippen LogP contribution in [0.3, 0.4) is 0 Å². The summed E-state index contributed by atoms with van der Waals surface area (Å²) < 4.78 is 6.40. The highest BCUT2D eigenvalue weighted by Gasteiger charge is 2.62. The molecule has 2 aliphatic heterocycles. The highest BCUT2D eigenvalue weighted by atomic mass is 16.6. The van der Waals surface area contributed by atoms with Crippen molar-refractivity contribution in [2.24, 2.45) is 40.9 Å². The Labute approximate surface area is 206 Å². The van der Waals surface area contributed by atoms with Crippen molar-refractivity contribution in [3.05, 3.63) is 0 Å². The van der Waals surface area contributed by atoms with E-state index in [4.69, 9.17) is 4.74 Å². The third kappa shape index (κ3) is 4.00. The first-order valence-electron chi connectivity index (χ1n) is 14.4. The number of rotatable bonds is 3. The van der Waals surface area contributed by atoms with Crippen LogP contribution in [0.25, 0.3) is 0 Å². The fourth-order valence-corrected chi connectivity index (χ4v) is 9.87. The summed E-state index contributed by atoms with van der Waals surface area (Å²) in [6.45, 7) is 9.31. The lowest BCUT2D eigenvalue weighted by Crippen LogP contribution is -2.52. The number of hydrogen-bond acceptors (Lipinski definition) is 4. The summed E-state index contributed by atoms with van der Waals surface area (Å²) in [5.74, 6) is 5.11. The second-order valence-corrected chi connectivity index (χ2v) is 13.4. The van der Waals surface area contributed by atoms with E-state index in [0.29, 0.717) is 17.6 Å². The molecule has 6 nitrogen and oxygen atoms in total. The van der Waals surface area contributed by atoms with Gasteiger partial charge in [0.05, 0.1) is 17.8 Å². The highest BCUT2D eigenvalue weighted by Crippen LogP contribution is 2.66. The molecule has 0 aromatic heterocycles. The number of nitrogens with one attached hydrogen (secondary N) is 1. The normalized spacial score (nSPS) is 50.8. The Morgan fingerprint density at radius 3 is 2.44 bits per heavy atom. The van der Waals surface area contributed by atoms with E-state index in [2.05, 4.69) is 24.1 Å². The molecule has 6 heteroatoms. The lowest BCUT2D eigenvalue weighted by Gasteiger charge is -2.57. The van der Waals surface area contributed by atoms with E-state index >= 15 is 0 Å². The van der Waals surface area contributed by atoms with Crippen LogP contribution in [0.2, 0.25) is 0 Å². The zero-order valence-corrected chi connectivity index (χ0v) is 21.7. The molecule has 2 amide bonds. The summed E-state index contributed by atoms with van der Waals surface area (Å²) >= 11 is 0. The van der Waals surface area contributed by atoms with Gasteiger partial charge in [0.1, 0.15) is 0 Å². The molecule has 0 spiro atoms. The van der Waals surface area contributed by atoms with Crippen molar-refractivity contribution in [3.63, 3.8) is 0 Å². The van der Waals surface area contributed by atoms with Crippen molar-refractivity contribution in [2.45, 2.75) is 89.4 Å². The number of nitrogens with zero attached hydrogens (tertiary/aromatic N) is 2. The SMILES string of the molecule is CNC(=O)N1CCN(C[C@H]2OC2[C@H]2CC[C@H]3[C@@H]4CC[C@@H]5C[C@](C)(O)CC[C@@H]5[C@H]4CC[C@]23C)CC1. The number of aliphatic hydroxyl groups is 1. The summed E-state index contributed by atoms with van der Waals surface area (Å²) in [6.07, 6.45) is 12.5. The number of ether oxygens (including phenoxy) is 1.